The fourth-order valence-electron chi connectivity index (χ4n) is 4.50. The van der Waals surface area contributed by atoms with Crippen LogP contribution in [0.4, 0.5) is 0 Å². The number of cyclic esters (lactones) is 1. The Hall–Kier alpha value is -3.06. The molecule has 0 saturated heterocycles. The summed E-state index contributed by atoms with van der Waals surface area (Å²) in [6.07, 6.45) is 7.06. The van der Waals surface area contributed by atoms with Gasteiger partial charge in [0, 0.05) is 41.7 Å². The van der Waals surface area contributed by atoms with E-state index in [0.717, 1.165) is 52.7 Å². The van der Waals surface area contributed by atoms with Crippen LogP contribution < -0.4 is 10.5 Å². The van der Waals surface area contributed by atoms with Gasteiger partial charge in [-0.25, -0.2) is 9.78 Å². The first-order chi connectivity index (χ1) is 16.4. The van der Waals surface area contributed by atoms with Crippen molar-refractivity contribution >= 4 is 16.7 Å². The summed E-state index contributed by atoms with van der Waals surface area (Å²) in [5.41, 5.74) is 9.42. The highest BCUT2D eigenvalue weighted by Gasteiger charge is 2.41. The van der Waals surface area contributed by atoms with Crippen LogP contribution >= 0.6 is 0 Å². The molecule has 4 heterocycles. The third kappa shape index (κ3) is 4.27. The van der Waals surface area contributed by atoms with E-state index in [0.29, 0.717) is 17.9 Å². The van der Waals surface area contributed by atoms with Crippen LogP contribution in [0.25, 0.3) is 10.8 Å². The molecule has 2 aliphatic rings. The van der Waals surface area contributed by atoms with Crippen LogP contribution in [0.3, 0.4) is 0 Å². The molecule has 1 aliphatic carbocycles. The summed E-state index contributed by atoms with van der Waals surface area (Å²) >= 11 is 0. The van der Waals surface area contributed by atoms with Crippen molar-refractivity contribution in [3.8, 4) is 5.88 Å². The van der Waals surface area contributed by atoms with E-state index in [1.54, 1.807) is 0 Å². The maximum atomic E-state index is 12.5. The molecule has 5 rings (SSSR count). The van der Waals surface area contributed by atoms with Gasteiger partial charge in [0.05, 0.1) is 16.6 Å². The molecule has 3 aromatic heterocycles. The minimum Gasteiger partial charge on any atom is -0.471 e. The molecule has 2 N–H and O–H groups in total. The van der Waals surface area contributed by atoms with Crippen molar-refractivity contribution in [2.75, 3.05) is 0 Å². The van der Waals surface area contributed by atoms with Crippen molar-refractivity contribution in [2.24, 2.45) is 5.73 Å². The van der Waals surface area contributed by atoms with Crippen LogP contribution in [0, 0.1) is 0 Å². The van der Waals surface area contributed by atoms with Gasteiger partial charge in [-0.3, -0.25) is 9.97 Å². The lowest BCUT2D eigenvalue weighted by molar-refractivity contribution is -0.0190. The van der Waals surface area contributed by atoms with Gasteiger partial charge in [-0.2, -0.15) is 0 Å². The molecule has 3 aromatic rings. The van der Waals surface area contributed by atoms with Gasteiger partial charge in [0.2, 0.25) is 5.88 Å². The van der Waals surface area contributed by atoms with Crippen molar-refractivity contribution in [1.29, 1.82) is 0 Å². The van der Waals surface area contributed by atoms with E-state index in [1.807, 2.05) is 52.2 Å². The molecule has 0 radical (unpaired) electrons. The first-order valence-electron chi connectivity index (χ1n) is 12.4. The number of nitrogens with zero attached hydrogens (tertiary/aromatic N) is 3. The molecular weight excluding hydrogens is 440 g/mol. The first-order valence-corrected chi connectivity index (χ1v) is 12.4. The summed E-state index contributed by atoms with van der Waals surface area (Å²) in [5, 5.41) is 1.88. The predicted molar refractivity (Wildman–Crippen MR) is 135 cm³/mol. The Balaban J connectivity index is 1.55. The first kappa shape index (κ1) is 23.7. The lowest BCUT2D eigenvalue weighted by atomic mass is 9.84. The zero-order valence-corrected chi connectivity index (χ0v) is 21.4. The second-order valence-corrected chi connectivity index (χ2v) is 11.1. The number of hydrogen-bond donors (Lipinski definition) is 1. The quantitative estimate of drug-likeness (QED) is 0.491. The number of hydrogen-bond acceptors (Lipinski definition) is 7. The van der Waals surface area contributed by atoms with Crippen LogP contribution in [0.15, 0.2) is 30.6 Å². The molecule has 184 valence electrons. The van der Waals surface area contributed by atoms with Crippen LogP contribution in [-0.2, 0) is 16.7 Å². The summed E-state index contributed by atoms with van der Waals surface area (Å²) in [5.74, 6) is 0.279. The Morgan fingerprint density at radius 1 is 1.14 bits per heavy atom. The van der Waals surface area contributed by atoms with Crippen LogP contribution in [0.2, 0.25) is 0 Å². The number of aromatic nitrogens is 3. The highest BCUT2D eigenvalue weighted by Crippen LogP contribution is 2.42. The minimum absolute atomic E-state index is 0.0108. The molecule has 0 unspecified atom stereocenters. The van der Waals surface area contributed by atoms with E-state index in [4.69, 9.17) is 25.2 Å². The standard InChI is InChI=1S/C28H34N4O3/c1-7-28(6,29)22-15-31-24(34-27(5)10-11-27)21-14-30-18(13-20(21)22)12-17-8-9-19-23(32-17)16(2)26(3,4)35-25(19)33/h8-9,13-16H,7,10-12,29H2,1-6H3/t16-,28+/m1/s1. The molecule has 2 atom stereocenters. The fraction of sp³-hybridized carbons (Fsp3) is 0.500. The topological polar surface area (TPSA) is 100 Å². The van der Waals surface area contributed by atoms with E-state index in [-0.39, 0.29) is 17.5 Å². The minimum atomic E-state index is -0.598. The monoisotopic (exact) mass is 474 g/mol. The van der Waals surface area contributed by atoms with Gasteiger partial charge < -0.3 is 15.2 Å². The number of pyridine rings is 3. The van der Waals surface area contributed by atoms with Crippen molar-refractivity contribution in [3.05, 3.63) is 58.8 Å². The van der Waals surface area contributed by atoms with Crippen LogP contribution in [0.1, 0.15) is 99.7 Å². The van der Waals surface area contributed by atoms with Crippen molar-refractivity contribution in [1.82, 2.24) is 15.0 Å². The zero-order valence-electron chi connectivity index (χ0n) is 21.4. The normalized spacial score (nSPS) is 21.7. The van der Waals surface area contributed by atoms with Gasteiger partial charge in [-0.05, 0) is 76.1 Å². The fourth-order valence-corrected chi connectivity index (χ4v) is 4.50. The second-order valence-electron chi connectivity index (χ2n) is 11.1. The summed E-state index contributed by atoms with van der Waals surface area (Å²) in [4.78, 5) is 26.7. The number of nitrogens with two attached hydrogens (primary N) is 1. The summed E-state index contributed by atoms with van der Waals surface area (Å²) in [7, 11) is 0. The highest BCUT2D eigenvalue weighted by molar-refractivity contribution is 5.92. The maximum absolute atomic E-state index is 12.5. The van der Waals surface area contributed by atoms with Crippen molar-refractivity contribution < 1.29 is 14.3 Å². The number of fused-ring (bicyclic) bond motifs is 2. The summed E-state index contributed by atoms with van der Waals surface area (Å²) < 4.78 is 11.8. The summed E-state index contributed by atoms with van der Waals surface area (Å²) in [6, 6.07) is 5.78. The number of carbonyl (C=O) groups excluding carboxylic acids is 1. The Kier molecular flexibility index (Phi) is 5.40. The molecule has 0 spiro atoms. The molecule has 7 heteroatoms. The van der Waals surface area contributed by atoms with E-state index in [2.05, 4.69) is 24.9 Å². The van der Waals surface area contributed by atoms with E-state index >= 15 is 0 Å². The van der Waals surface area contributed by atoms with Gasteiger partial charge in [-0.15, -0.1) is 0 Å². The summed E-state index contributed by atoms with van der Waals surface area (Å²) in [6.45, 7) is 12.1. The SMILES string of the molecule is CC[C@](C)(N)c1cnc(OC2(C)CC2)c2cnc(Cc3ccc4c(n3)[C@@H](C)C(C)(C)OC4=O)cc12. The van der Waals surface area contributed by atoms with Gasteiger partial charge in [0.25, 0.3) is 0 Å². The van der Waals surface area contributed by atoms with Crippen LogP contribution in [-0.4, -0.2) is 32.1 Å². The van der Waals surface area contributed by atoms with Gasteiger partial charge >= 0.3 is 5.97 Å². The molecule has 0 bridgehead atoms. The number of esters is 1. The molecular formula is C28H34N4O3. The zero-order chi connectivity index (χ0) is 25.2. The highest BCUT2D eigenvalue weighted by atomic mass is 16.6. The van der Waals surface area contributed by atoms with E-state index < -0.39 is 11.1 Å². The smallest absolute Gasteiger partial charge is 0.340 e. The van der Waals surface area contributed by atoms with E-state index in [9.17, 15) is 4.79 Å². The van der Waals surface area contributed by atoms with Crippen molar-refractivity contribution in [3.63, 3.8) is 0 Å². The predicted octanol–water partition coefficient (Wildman–Crippen LogP) is 5.18. The van der Waals surface area contributed by atoms with Crippen LogP contribution in [0.5, 0.6) is 5.88 Å². The average molecular weight is 475 g/mol. The molecule has 1 aliphatic heterocycles. The molecule has 35 heavy (non-hydrogen) atoms. The number of ether oxygens (including phenoxy) is 2. The van der Waals surface area contributed by atoms with E-state index in [1.165, 1.54) is 0 Å². The lowest BCUT2D eigenvalue weighted by Crippen LogP contribution is -2.39. The Bertz CT molecular complexity index is 1330. The van der Waals surface area contributed by atoms with Crippen molar-refractivity contribution in [2.45, 2.75) is 89.9 Å². The van der Waals surface area contributed by atoms with Gasteiger partial charge in [0.15, 0.2) is 0 Å². The number of rotatable bonds is 6. The Morgan fingerprint density at radius 2 is 1.89 bits per heavy atom. The third-order valence-electron chi connectivity index (χ3n) is 7.81. The third-order valence-corrected chi connectivity index (χ3v) is 7.81. The maximum Gasteiger partial charge on any atom is 0.340 e. The largest absolute Gasteiger partial charge is 0.471 e. The molecule has 0 amide bonds. The lowest BCUT2D eigenvalue weighted by Gasteiger charge is -2.36. The molecule has 0 aromatic carbocycles. The second kappa shape index (κ2) is 7.98. The van der Waals surface area contributed by atoms with Gasteiger partial charge in [0.1, 0.15) is 11.2 Å². The Morgan fingerprint density at radius 3 is 2.57 bits per heavy atom. The Labute approximate surface area is 206 Å². The molecule has 7 nitrogen and oxygen atoms in total. The molecule has 1 saturated carbocycles. The molecule has 1 fully saturated rings. The average Bonchev–Trinajstić information content (AvgIpc) is 3.53. The number of carbonyl (C=O) groups is 1. The van der Waals surface area contributed by atoms with Gasteiger partial charge in [-0.1, -0.05) is 13.8 Å².